The predicted molar refractivity (Wildman–Crippen MR) is 51.8 cm³/mol. The van der Waals surface area contributed by atoms with Crippen LogP contribution in [0.1, 0.15) is 19.4 Å². The molecule has 11 heavy (non-hydrogen) atoms. The topological polar surface area (TPSA) is 0 Å². The third-order valence-electron chi connectivity index (χ3n) is 1.47. The summed E-state index contributed by atoms with van der Waals surface area (Å²) in [5, 5.41) is 0. The Kier molecular flexibility index (Phi) is 2.61. The van der Waals surface area contributed by atoms with Crippen LogP contribution >= 0.6 is 12.6 Å². The maximum atomic E-state index is 5.27. The van der Waals surface area contributed by atoms with Gasteiger partial charge in [-0.3, -0.25) is 0 Å². The average molecular weight is 165 g/mol. The fourth-order valence-corrected chi connectivity index (χ4v) is 1.25. The van der Waals surface area contributed by atoms with Crippen molar-refractivity contribution in [2.45, 2.75) is 25.0 Å². The summed E-state index contributed by atoms with van der Waals surface area (Å²) in [6.07, 6.45) is 0.975. The van der Waals surface area contributed by atoms with Crippen molar-refractivity contribution in [3.05, 3.63) is 35.9 Å². The smallest absolute Gasteiger partial charge is 0.0247 e. The molecule has 0 unspecified atom stereocenters. The van der Waals surface area contributed by atoms with E-state index in [1.807, 2.05) is 6.07 Å². The zero-order valence-electron chi connectivity index (χ0n) is 7.00. The maximum absolute atomic E-state index is 5.27. The van der Waals surface area contributed by atoms with E-state index in [1.54, 1.807) is 0 Å². The lowest BCUT2D eigenvalue weighted by Gasteiger charge is -2.15. The highest BCUT2D eigenvalue weighted by Gasteiger charge is 2.12. The fraction of sp³-hybridized carbons (Fsp3) is 0.400. The Morgan fingerprint density at radius 2 is 1.73 bits per heavy atom. The van der Waals surface area contributed by atoms with Gasteiger partial charge in [-0.15, -0.1) is 0 Å². The molecule has 0 aromatic heterocycles. The van der Waals surface area contributed by atoms with Gasteiger partial charge in [-0.05, 0) is 25.8 Å². The highest BCUT2D eigenvalue weighted by Crippen LogP contribution is 2.18. The second-order valence-electron chi connectivity index (χ2n) is 3.42. The molecule has 0 heterocycles. The monoisotopic (exact) mass is 165 g/mol. The zero-order chi connectivity index (χ0) is 8.32. The first kappa shape index (κ1) is 8.66. The molecule has 0 atom stereocenters. The summed E-state index contributed by atoms with van der Waals surface area (Å²) in [5.74, 6) is 0. The van der Waals surface area contributed by atoms with Gasteiger partial charge in [0.1, 0.15) is 0 Å². The van der Waals surface area contributed by atoms with E-state index in [4.69, 9.17) is 12.6 Å². The molecule has 0 fully saturated rings. The van der Waals surface area contributed by atoms with Crippen LogP contribution in [0.2, 0.25) is 0 Å². The highest BCUT2D eigenvalue weighted by molar-refractivity contribution is 7.81. The predicted octanol–water partition coefficient (Wildman–Crippen LogP) is 3.21. The van der Waals surface area contributed by atoms with Gasteiger partial charge in [0.05, 0.1) is 0 Å². The van der Waals surface area contributed by atoms with E-state index in [0.717, 1.165) is 6.42 Å². The Bertz CT molecular complexity index is 208. The molecule has 1 rings (SSSR count). The Balaban J connectivity index is 2.66. The van der Waals surface area contributed by atoms with Crippen molar-refractivity contribution in [2.24, 2.45) is 0 Å². The highest BCUT2D eigenvalue weighted by atomic mass is 32.1. The minimum Gasteiger partial charge on any atom is -0.0870 e. The standard InChI is InChI=1S/C10H13S/c1-10(2,11)8-9-6-4-3-5-7-9/h3-7H,8H2,1-2H3. The van der Waals surface area contributed by atoms with Crippen LogP contribution in [0.3, 0.4) is 0 Å². The summed E-state index contributed by atoms with van der Waals surface area (Å²) in [4.78, 5) is 0. The van der Waals surface area contributed by atoms with Crippen LogP contribution in [0.15, 0.2) is 30.3 Å². The van der Waals surface area contributed by atoms with Crippen LogP contribution in [0.25, 0.3) is 0 Å². The van der Waals surface area contributed by atoms with Crippen LogP contribution in [-0.4, -0.2) is 4.75 Å². The fourth-order valence-electron chi connectivity index (χ4n) is 1.09. The van der Waals surface area contributed by atoms with Crippen LogP contribution < -0.4 is 0 Å². The SMILES string of the molecule is CC(C)([S])Cc1ccccc1. The quantitative estimate of drug-likeness (QED) is 0.631. The van der Waals surface area contributed by atoms with E-state index in [0.29, 0.717) is 0 Å². The van der Waals surface area contributed by atoms with E-state index < -0.39 is 0 Å². The molecule has 1 aromatic carbocycles. The molecule has 1 aromatic rings. The first-order valence-electron chi connectivity index (χ1n) is 3.82. The Labute approximate surface area is 74.0 Å². The average Bonchev–Trinajstić information content (AvgIpc) is 1.85. The summed E-state index contributed by atoms with van der Waals surface area (Å²) in [5.41, 5.74) is 1.33. The minimum absolute atomic E-state index is 0.0125. The first-order chi connectivity index (χ1) is 5.08. The molecule has 0 saturated carbocycles. The lowest BCUT2D eigenvalue weighted by molar-refractivity contribution is 0.715. The Morgan fingerprint density at radius 3 is 2.18 bits per heavy atom. The summed E-state index contributed by atoms with van der Waals surface area (Å²) in [7, 11) is 0. The van der Waals surface area contributed by atoms with Crippen molar-refractivity contribution in [2.75, 3.05) is 0 Å². The van der Waals surface area contributed by atoms with Crippen molar-refractivity contribution in [3.8, 4) is 0 Å². The van der Waals surface area contributed by atoms with Gasteiger partial charge in [0.2, 0.25) is 0 Å². The van der Waals surface area contributed by atoms with Gasteiger partial charge in [0.25, 0.3) is 0 Å². The molecule has 0 aliphatic rings. The van der Waals surface area contributed by atoms with E-state index >= 15 is 0 Å². The van der Waals surface area contributed by atoms with E-state index in [-0.39, 0.29) is 4.75 Å². The van der Waals surface area contributed by atoms with Gasteiger partial charge >= 0.3 is 0 Å². The zero-order valence-corrected chi connectivity index (χ0v) is 7.82. The van der Waals surface area contributed by atoms with Crippen LogP contribution in [0.4, 0.5) is 0 Å². The summed E-state index contributed by atoms with van der Waals surface area (Å²) >= 11 is 5.27. The van der Waals surface area contributed by atoms with Gasteiger partial charge in [0, 0.05) is 4.75 Å². The molecule has 1 heteroatoms. The molecular formula is C10H13S. The molecule has 0 saturated heterocycles. The first-order valence-corrected chi connectivity index (χ1v) is 4.23. The molecule has 0 amide bonds. The second kappa shape index (κ2) is 3.31. The van der Waals surface area contributed by atoms with Crippen molar-refractivity contribution in [3.63, 3.8) is 0 Å². The summed E-state index contributed by atoms with van der Waals surface area (Å²) in [6.45, 7) is 4.16. The van der Waals surface area contributed by atoms with Gasteiger partial charge in [-0.25, -0.2) is 0 Å². The van der Waals surface area contributed by atoms with E-state index in [9.17, 15) is 0 Å². The van der Waals surface area contributed by atoms with Crippen LogP contribution in [0.5, 0.6) is 0 Å². The molecule has 0 bridgehead atoms. The van der Waals surface area contributed by atoms with Gasteiger partial charge in [-0.1, -0.05) is 43.0 Å². The van der Waals surface area contributed by atoms with Gasteiger partial charge in [0.15, 0.2) is 0 Å². The van der Waals surface area contributed by atoms with E-state index in [1.165, 1.54) is 5.56 Å². The number of benzene rings is 1. The van der Waals surface area contributed by atoms with Gasteiger partial charge < -0.3 is 0 Å². The molecule has 0 aliphatic heterocycles. The molecule has 0 nitrogen and oxygen atoms in total. The second-order valence-corrected chi connectivity index (χ2v) is 4.53. The van der Waals surface area contributed by atoms with Crippen molar-refractivity contribution in [1.82, 2.24) is 0 Å². The van der Waals surface area contributed by atoms with Crippen LogP contribution in [0, 0.1) is 0 Å². The molecule has 0 spiro atoms. The summed E-state index contributed by atoms with van der Waals surface area (Å²) in [6, 6.07) is 10.4. The van der Waals surface area contributed by atoms with E-state index in [2.05, 4.69) is 38.1 Å². The van der Waals surface area contributed by atoms with Gasteiger partial charge in [-0.2, -0.15) is 0 Å². The molecule has 1 radical (unpaired) electrons. The van der Waals surface area contributed by atoms with Crippen molar-refractivity contribution >= 4 is 12.6 Å². The number of hydrogen-bond acceptors (Lipinski definition) is 0. The summed E-state index contributed by atoms with van der Waals surface area (Å²) < 4.78 is -0.0125. The molecule has 0 aliphatic carbocycles. The maximum Gasteiger partial charge on any atom is 0.0247 e. The van der Waals surface area contributed by atoms with Crippen molar-refractivity contribution < 1.29 is 0 Å². The number of hydrogen-bond donors (Lipinski definition) is 0. The normalized spacial score (nSPS) is 11.5. The van der Waals surface area contributed by atoms with Crippen LogP contribution in [-0.2, 0) is 6.42 Å². The minimum atomic E-state index is -0.0125. The largest absolute Gasteiger partial charge is 0.0870 e. The third kappa shape index (κ3) is 3.47. The van der Waals surface area contributed by atoms with Crippen molar-refractivity contribution in [1.29, 1.82) is 0 Å². The lowest BCUT2D eigenvalue weighted by atomic mass is 10.0. The molecule has 0 N–H and O–H groups in total. The molecular weight excluding hydrogens is 152 g/mol. The lowest BCUT2D eigenvalue weighted by Crippen LogP contribution is -2.13. The Morgan fingerprint density at radius 1 is 1.18 bits per heavy atom. The number of rotatable bonds is 2. The third-order valence-corrected chi connectivity index (χ3v) is 1.62. The molecule has 59 valence electrons. The Hall–Kier alpha value is -0.430.